The summed E-state index contributed by atoms with van der Waals surface area (Å²) in [4.78, 5) is 22.6. The molecule has 2 N–H and O–H groups in total. The van der Waals surface area contributed by atoms with E-state index in [4.69, 9.17) is 0 Å². The van der Waals surface area contributed by atoms with Crippen molar-refractivity contribution >= 4 is 23.6 Å². The number of rotatable bonds is 16. The van der Waals surface area contributed by atoms with Crippen LogP contribution in [0.25, 0.3) is 0 Å². The standard InChI is InChI=1S/C18H35NO3S/c1-3-5-6-7-8-9-10-11-12-13-14-16(18(21)22)23-15-17(20)19-4-2/h16H,3-15H2,1-2H3,(H,19,20)(H,21,22). The van der Waals surface area contributed by atoms with Crippen molar-refractivity contribution in [1.29, 1.82) is 0 Å². The number of carboxylic acids is 1. The van der Waals surface area contributed by atoms with Crippen molar-refractivity contribution in [2.24, 2.45) is 0 Å². The van der Waals surface area contributed by atoms with E-state index in [1.165, 1.54) is 63.1 Å². The molecule has 1 amide bonds. The first-order chi connectivity index (χ1) is 11.1. The van der Waals surface area contributed by atoms with Crippen molar-refractivity contribution < 1.29 is 14.7 Å². The van der Waals surface area contributed by atoms with Crippen molar-refractivity contribution in [3.05, 3.63) is 0 Å². The maximum absolute atomic E-state index is 11.4. The Labute approximate surface area is 146 Å². The van der Waals surface area contributed by atoms with Crippen molar-refractivity contribution in [3.63, 3.8) is 0 Å². The van der Waals surface area contributed by atoms with E-state index in [1.807, 2.05) is 6.92 Å². The number of hydrogen-bond donors (Lipinski definition) is 2. The number of carbonyl (C=O) groups is 2. The quantitative estimate of drug-likeness (QED) is 0.401. The summed E-state index contributed by atoms with van der Waals surface area (Å²) in [6.07, 6.45) is 13.2. The molecule has 4 nitrogen and oxygen atoms in total. The molecule has 0 spiro atoms. The highest BCUT2D eigenvalue weighted by Crippen LogP contribution is 2.19. The second-order valence-corrected chi connectivity index (χ2v) is 7.25. The summed E-state index contributed by atoms with van der Waals surface area (Å²) in [6.45, 7) is 4.69. The fourth-order valence-electron chi connectivity index (χ4n) is 2.52. The van der Waals surface area contributed by atoms with Crippen LogP contribution in [0.3, 0.4) is 0 Å². The fraction of sp³-hybridized carbons (Fsp3) is 0.889. The summed E-state index contributed by atoms with van der Waals surface area (Å²) in [5, 5.41) is 11.5. The lowest BCUT2D eigenvalue weighted by molar-refractivity contribution is -0.136. The van der Waals surface area contributed by atoms with E-state index in [0.29, 0.717) is 13.0 Å². The zero-order chi connectivity index (χ0) is 17.3. The highest BCUT2D eigenvalue weighted by molar-refractivity contribution is 8.01. The summed E-state index contributed by atoms with van der Waals surface area (Å²) in [7, 11) is 0. The van der Waals surface area contributed by atoms with Gasteiger partial charge in [-0.25, -0.2) is 0 Å². The highest BCUT2D eigenvalue weighted by Gasteiger charge is 2.18. The lowest BCUT2D eigenvalue weighted by Crippen LogP contribution is -2.27. The van der Waals surface area contributed by atoms with Crippen molar-refractivity contribution in [2.75, 3.05) is 12.3 Å². The maximum atomic E-state index is 11.4. The molecular formula is C18H35NO3S. The summed E-state index contributed by atoms with van der Waals surface area (Å²) in [5.74, 6) is -0.634. The average molecular weight is 346 g/mol. The molecule has 0 aromatic carbocycles. The SMILES string of the molecule is CCCCCCCCCCCCC(SCC(=O)NCC)C(=O)O. The van der Waals surface area contributed by atoms with Crippen LogP contribution in [0, 0.1) is 0 Å². The highest BCUT2D eigenvalue weighted by atomic mass is 32.2. The van der Waals surface area contributed by atoms with Gasteiger partial charge in [-0.15, -0.1) is 11.8 Å². The molecule has 0 saturated carbocycles. The number of nitrogens with one attached hydrogen (secondary N) is 1. The molecule has 1 atom stereocenters. The van der Waals surface area contributed by atoms with Gasteiger partial charge in [0.2, 0.25) is 5.91 Å². The molecule has 0 heterocycles. The van der Waals surface area contributed by atoms with Crippen molar-refractivity contribution in [3.8, 4) is 0 Å². The largest absolute Gasteiger partial charge is 0.480 e. The Bertz CT molecular complexity index is 311. The van der Waals surface area contributed by atoms with Crippen LogP contribution in [-0.2, 0) is 9.59 Å². The maximum Gasteiger partial charge on any atom is 0.316 e. The van der Waals surface area contributed by atoms with E-state index >= 15 is 0 Å². The van der Waals surface area contributed by atoms with Crippen molar-refractivity contribution in [1.82, 2.24) is 5.32 Å². The molecule has 23 heavy (non-hydrogen) atoms. The summed E-state index contributed by atoms with van der Waals surface area (Å²) in [5.41, 5.74) is 0. The van der Waals surface area contributed by atoms with Gasteiger partial charge in [0.15, 0.2) is 0 Å². The molecule has 0 radical (unpaired) electrons. The lowest BCUT2D eigenvalue weighted by atomic mass is 10.1. The van der Waals surface area contributed by atoms with Gasteiger partial charge in [0.25, 0.3) is 0 Å². The van der Waals surface area contributed by atoms with Gasteiger partial charge < -0.3 is 10.4 Å². The van der Waals surface area contributed by atoms with Gasteiger partial charge >= 0.3 is 5.97 Å². The van der Waals surface area contributed by atoms with E-state index in [0.717, 1.165) is 12.8 Å². The van der Waals surface area contributed by atoms with Crippen LogP contribution >= 0.6 is 11.8 Å². The van der Waals surface area contributed by atoms with Crippen LogP contribution in [0.2, 0.25) is 0 Å². The molecule has 0 rings (SSSR count). The first-order valence-electron chi connectivity index (χ1n) is 9.22. The number of carboxylic acid groups (broad SMARTS) is 1. The smallest absolute Gasteiger partial charge is 0.316 e. The normalized spacial score (nSPS) is 12.1. The minimum absolute atomic E-state index is 0.0770. The predicted octanol–water partition coefficient (Wildman–Crippen LogP) is 4.62. The molecular weight excluding hydrogens is 310 g/mol. The number of hydrogen-bond acceptors (Lipinski definition) is 3. The molecule has 0 aliphatic heterocycles. The lowest BCUT2D eigenvalue weighted by Gasteiger charge is -2.11. The van der Waals surface area contributed by atoms with Gasteiger partial charge in [-0.05, 0) is 13.3 Å². The summed E-state index contributed by atoms with van der Waals surface area (Å²) < 4.78 is 0. The zero-order valence-corrected chi connectivity index (χ0v) is 15.8. The Morgan fingerprint density at radius 2 is 1.43 bits per heavy atom. The second kappa shape index (κ2) is 16.2. The third kappa shape index (κ3) is 14.6. The Morgan fingerprint density at radius 3 is 1.91 bits per heavy atom. The second-order valence-electron chi connectivity index (χ2n) is 6.06. The molecule has 136 valence electrons. The van der Waals surface area contributed by atoms with Crippen LogP contribution in [0.1, 0.15) is 84.5 Å². The molecule has 5 heteroatoms. The van der Waals surface area contributed by atoms with Gasteiger partial charge in [0, 0.05) is 6.54 Å². The van der Waals surface area contributed by atoms with Gasteiger partial charge in [-0.1, -0.05) is 71.1 Å². The molecule has 0 aliphatic rings. The van der Waals surface area contributed by atoms with Crippen LogP contribution in [0.5, 0.6) is 0 Å². The molecule has 0 aromatic heterocycles. The predicted molar refractivity (Wildman–Crippen MR) is 99.0 cm³/mol. The fourth-order valence-corrected chi connectivity index (χ4v) is 3.45. The van der Waals surface area contributed by atoms with Gasteiger partial charge in [0.05, 0.1) is 5.75 Å². The number of unbranched alkanes of at least 4 members (excludes halogenated alkanes) is 9. The zero-order valence-electron chi connectivity index (χ0n) is 14.9. The molecule has 0 fully saturated rings. The van der Waals surface area contributed by atoms with E-state index in [9.17, 15) is 14.7 Å². The Hall–Kier alpha value is -0.710. The first kappa shape index (κ1) is 22.3. The van der Waals surface area contributed by atoms with E-state index in [-0.39, 0.29) is 11.7 Å². The molecule has 0 bridgehead atoms. The van der Waals surface area contributed by atoms with Crippen LogP contribution in [0.4, 0.5) is 0 Å². The minimum atomic E-state index is -0.796. The number of carbonyl (C=O) groups excluding carboxylic acids is 1. The van der Waals surface area contributed by atoms with E-state index in [2.05, 4.69) is 12.2 Å². The first-order valence-corrected chi connectivity index (χ1v) is 10.3. The average Bonchev–Trinajstić information content (AvgIpc) is 2.51. The third-order valence-corrected chi connectivity index (χ3v) is 5.15. The Kier molecular flexibility index (Phi) is 15.7. The molecule has 1 unspecified atom stereocenters. The van der Waals surface area contributed by atoms with E-state index in [1.54, 1.807) is 0 Å². The van der Waals surface area contributed by atoms with Crippen LogP contribution < -0.4 is 5.32 Å². The minimum Gasteiger partial charge on any atom is -0.480 e. The van der Waals surface area contributed by atoms with Gasteiger partial charge in [0.1, 0.15) is 5.25 Å². The Balaban J connectivity index is 3.57. The molecule has 0 aromatic rings. The topological polar surface area (TPSA) is 66.4 Å². The van der Waals surface area contributed by atoms with Crippen LogP contribution in [-0.4, -0.2) is 34.5 Å². The summed E-state index contributed by atoms with van der Waals surface area (Å²) in [6, 6.07) is 0. The number of aliphatic carboxylic acids is 1. The monoisotopic (exact) mass is 345 g/mol. The van der Waals surface area contributed by atoms with E-state index < -0.39 is 11.2 Å². The Morgan fingerprint density at radius 1 is 0.913 bits per heavy atom. The van der Waals surface area contributed by atoms with Gasteiger partial charge in [-0.2, -0.15) is 0 Å². The number of amides is 1. The van der Waals surface area contributed by atoms with Crippen LogP contribution in [0.15, 0.2) is 0 Å². The summed E-state index contributed by atoms with van der Waals surface area (Å²) >= 11 is 1.25. The third-order valence-electron chi connectivity index (χ3n) is 3.88. The molecule has 0 saturated heterocycles. The van der Waals surface area contributed by atoms with Crippen molar-refractivity contribution in [2.45, 2.75) is 89.7 Å². The number of thioether (sulfide) groups is 1. The molecule has 0 aliphatic carbocycles. The van der Waals surface area contributed by atoms with Gasteiger partial charge in [-0.3, -0.25) is 9.59 Å².